The predicted molar refractivity (Wildman–Crippen MR) is 39.2 cm³/mol. The van der Waals surface area contributed by atoms with Gasteiger partial charge in [-0.25, -0.2) is 4.68 Å². The van der Waals surface area contributed by atoms with Crippen molar-refractivity contribution in [3.8, 4) is 5.75 Å². The van der Waals surface area contributed by atoms with Crippen LogP contribution in [0.2, 0.25) is 0 Å². The lowest BCUT2D eigenvalue weighted by Crippen LogP contribution is -2.04. The van der Waals surface area contributed by atoms with Crippen LogP contribution in [0.3, 0.4) is 0 Å². The molecule has 5 heteroatoms. The fraction of sp³-hybridized carbons (Fsp3) is 0.571. The minimum atomic E-state index is -2.60. The molecule has 0 radical (unpaired) electrons. The van der Waals surface area contributed by atoms with Crippen molar-refractivity contribution >= 4 is 0 Å². The molecule has 0 aliphatic rings. The number of aromatic nitrogens is 2. The normalized spacial score (nSPS) is 11.2. The van der Waals surface area contributed by atoms with Crippen LogP contribution in [0, 0.1) is 0 Å². The zero-order chi connectivity index (χ0) is 9.14. The monoisotopic (exact) mass is 176 g/mol. The third-order valence-corrected chi connectivity index (χ3v) is 1.15. The zero-order valence-corrected chi connectivity index (χ0v) is 6.87. The van der Waals surface area contributed by atoms with Crippen LogP contribution >= 0.6 is 0 Å². The summed E-state index contributed by atoms with van der Waals surface area (Å²) in [5.41, 5.74) is 0. The SMILES string of the molecule is CC(C)Oc1cnn(C(F)F)c1. The van der Waals surface area contributed by atoms with Crippen molar-refractivity contribution in [2.45, 2.75) is 26.5 Å². The van der Waals surface area contributed by atoms with Crippen molar-refractivity contribution in [1.29, 1.82) is 0 Å². The molecule has 3 nitrogen and oxygen atoms in total. The molecule has 0 aliphatic carbocycles. The van der Waals surface area contributed by atoms with Gasteiger partial charge in [-0.15, -0.1) is 0 Å². The molecule has 0 amide bonds. The largest absolute Gasteiger partial charge is 0.488 e. The highest BCUT2D eigenvalue weighted by Crippen LogP contribution is 2.15. The lowest BCUT2D eigenvalue weighted by atomic mass is 10.5. The second-order valence-electron chi connectivity index (χ2n) is 2.60. The van der Waals surface area contributed by atoms with Gasteiger partial charge in [-0.05, 0) is 13.8 Å². The first-order valence-electron chi connectivity index (χ1n) is 3.58. The summed E-state index contributed by atoms with van der Waals surface area (Å²) in [5, 5.41) is 3.41. The third-order valence-electron chi connectivity index (χ3n) is 1.15. The number of halogens is 2. The van der Waals surface area contributed by atoms with E-state index in [0.717, 1.165) is 0 Å². The molecule has 0 spiro atoms. The van der Waals surface area contributed by atoms with Crippen molar-refractivity contribution in [2.24, 2.45) is 0 Å². The second-order valence-corrected chi connectivity index (χ2v) is 2.60. The Morgan fingerprint density at radius 1 is 1.50 bits per heavy atom. The summed E-state index contributed by atoms with van der Waals surface area (Å²) in [7, 11) is 0. The lowest BCUT2D eigenvalue weighted by Gasteiger charge is -2.05. The van der Waals surface area contributed by atoms with E-state index < -0.39 is 6.55 Å². The summed E-state index contributed by atoms with van der Waals surface area (Å²) in [5.74, 6) is 0.366. The Bertz CT molecular complexity index is 247. The Labute approximate surface area is 68.9 Å². The van der Waals surface area contributed by atoms with Gasteiger partial charge in [0.2, 0.25) is 0 Å². The average molecular weight is 176 g/mol. The average Bonchev–Trinajstić information content (AvgIpc) is 2.34. The van der Waals surface area contributed by atoms with Crippen LogP contribution in [0.4, 0.5) is 8.78 Å². The number of rotatable bonds is 3. The van der Waals surface area contributed by atoms with Gasteiger partial charge in [0.05, 0.1) is 18.5 Å². The molecule has 0 aromatic carbocycles. The fourth-order valence-corrected chi connectivity index (χ4v) is 0.760. The fourth-order valence-electron chi connectivity index (χ4n) is 0.760. The number of hydrogen-bond acceptors (Lipinski definition) is 2. The highest BCUT2D eigenvalue weighted by molar-refractivity contribution is 5.11. The van der Waals surface area contributed by atoms with E-state index in [1.54, 1.807) is 0 Å². The molecule has 0 fully saturated rings. The Morgan fingerprint density at radius 2 is 2.17 bits per heavy atom. The lowest BCUT2D eigenvalue weighted by molar-refractivity contribution is 0.0561. The van der Waals surface area contributed by atoms with Gasteiger partial charge in [-0.2, -0.15) is 13.9 Å². The van der Waals surface area contributed by atoms with Gasteiger partial charge in [-0.3, -0.25) is 0 Å². The molecule has 0 saturated carbocycles. The number of ether oxygens (including phenoxy) is 1. The van der Waals surface area contributed by atoms with Gasteiger partial charge >= 0.3 is 6.55 Å². The standard InChI is InChI=1S/C7H10F2N2O/c1-5(2)12-6-3-10-11(4-6)7(8)9/h3-5,7H,1-2H3. The molecule has 68 valence electrons. The first-order valence-corrected chi connectivity index (χ1v) is 3.58. The predicted octanol–water partition coefficient (Wildman–Crippen LogP) is 2.07. The molecule has 0 aliphatic heterocycles. The summed E-state index contributed by atoms with van der Waals surface area (Å²) < 4.78 is 29.6. The highest BCUT2D eigenvalue weighted by atomic mass is 19.3. The van der Waals surface area contributed by atoms with Gasteiger partial charge in [0.25, 0.3) is 0 Å². The molecule has 12 heavy (non-hydrogen) atoms. The first-order chi connectivity index (χ1) is 5.59. The van der Waals surface area contributed by atoms with Crippen molar-refractivity contribution in [1.82, 2.24) is 9.78 Å². The van der Waals surface area contributed by atoms with Gasteiger partial charge in [-0.1, -0.05) is 0 Å². The van der Waals surface area contributed by atoms with E-state index in [1.165, 1.54) is 12.4 Å². The Kier molecular flexibility index (Phi) is 2.62. The van der Waals surface area contributed by atoms with E-state index in [4.69, 9.17) is 4.74 Å². The maximum Gasteiger partial charge on any atom is 0.333 e. The molecule has 1 aromatic heterocycles. The number of nitrogens with zero attached hydrogens (tertiary/aromatic N) is 2. The van der Waals surface area contributed by atoms with E-state index in [9.17, 15) is 8.78 Å². The molecule has 1 heterocycles. The first kappa shape index (κ1) is 8.96. The van der Waals surface area contributed by atoms with Crippen LogP contribution in [-0.4, -0.2) is 15.9 Å². The maximum absolute atomic E-state index is 12.0. The van der Waals surface area contributed by atoms with Crippen molar-refractivity contribution < 1.29 is 13.5 Å². The van der Waals surface area contributed by atoms with Crippen molar-refractivity contribution in [3.63, 3.8) is 0 Å². The highest BCUT2D eigenvalue weighted by Gasteiger charge is 2.08. The molecule has 0 atom stereocenters. The molecule has 0 saturated heterocycles. The van der Waals surface area contributed by atoms with E-state index in [1.807, 2.05) is 13.8 Å². The second kappa shape index (κ2) is 3.51. The molecule has 0 N–H and O–H groups in total. The van der Waals surface area contributed by atoms with Gasteiger partial charge in [0.1, 0.15) is 0 Å². The van der Waals surface area contributed by atoms with Gasteiger partial charge in [0, 0.05) is 0 Å². The Balaban J connectivity index is 2.64. The van der Waals surface area contributed by atoms with Crippen molar-refractivity contribution in [3.05, 3.63) is 12.4 Å². The van der Waals surface area contributed by atoms with E-state index in [2.05, 4.69) is 5.10 Å². The topological polar surface area (TPSA) is 27.1 Å². The summed E-state index contributed by atoms with van der Waals surface area (Å²) in [6.07, 6.45) is 2.41. The van der Waals surface area contributed by atoms with Crippen LogP contribution < -0.4 is 4.74 Å². The molecular weight excluding hydrogens is 166 g/mol. The van der Waals surface area contributed by atoms with E-state index in [-0.39, 0.29) is 6.10 Å². The van der Waals surface area contributed by atoms with Crippen LogP contribution in [0.1, 0.15) is 20.4 Å². The molecule has 0 unspecified atom stereocenters. The summed E-state index contributed by atoms with van der Waals surface area (Å²) in [6.45, 7) is 1.04. The number of alkyl halides is 2. The Morgan fingerprint density at radius 3 is 2.58 bits per heavy atom. The van der Waals surface area contributed by atoms with Crippen LogP contribution in [-0.2, 0) is 0 Å². The van der Waals surface area contributed by atoms with E-state index >= 15 is 0 Å². The minimum Gasteiger partial charge on any atom is -0.488 e. The van der Waals surface area contributed by atoms with Crippen LogP contribution in [0.5, 0.6) is 5.75 Å². The molecular formula is C7H10F2N2O. The summed E-state index contributed by atoms with van der Waals surface area (Å²) in [6, 6.07) is 0. The summed E-state index contributed by atoms with van der Waals surface area (Å²) in [4.78, 5) is 0. The Hall–Kier alpha value is -1.13. The smallest absolute Gasteiger partial charge is 0.333 e. The van der Waals surface area contributed by atoms with Crippen LogP contribution in [0.15, 0.2) is 12.4 Å². The third kappa shape index (κ3) is 2.18. The molecule has 1 aromatic rings. The quantitative estimate of drug-likeness (QED) is 0.704. The van der Waals surface area contributed by atoms with Gasteiger partial charge in [0.15, 0.2) is 5.75 Å². The minimum absolute atomic E-state index is 0.0275. The van der Waals surface area contributed by atoms with Gasteiger partial charge < -0.3 is 4.74 Å². The maximum atomic E-state index is 12.0. The zero-order valence-electron chi connectivity index (χ0n) is 6.87. The number of hydrogen-bond donors (Lipinski definition) is 0. The van der Waals surface area contributed by atoms with Crippen LogP contribution in [0.25, 0.3) is 0 Å². The molecule has 0 bridgehead atoms. The van der Waals surface area contributed by atoms with E-state index in [0.29, 0.717) is 10.4 Å². The summed E-state index contributed by atoms with van der Waals surface area (Å²) >= 11 is 0. The molecule has 1 rings (SSSR count). The van der Waals surface area contributed by atoms with Crippen molar-refractivity contribution in [2.75, 3.05) is 0 Å².